The molecule has 0 saturated heterocycles. The Morgan fingerprint density at radius 1 is 1.25 bits per heavy atom. The van der Waals surface area contributed by atoms with Crippen molar-refractivity contribution in [3.8, 4) is 0 Å². The number of hydrogen-bond donors (Lipinski definition) is 0. The van der Waals surface area contributed by atoms with Gasteiger partial charge in [0, 0.05) is 10.0 Å². The summed E-state index contributed by atoms with van der Waals surface area (Å²) < 4.78 is 44.6. The quantitative estimate of drug-likeness (QED) is 0.699. The molecule has 1 nitrogen and oxygen atoms in total. The standard InChI is InChI=1S/C11H6BrF3O/c12-7-4-8-9-5(10(7)16-8)2-1-3-6(9)11(13,14)15/h1-4,8,10H/t8-,10+/m1/s1. The Balaban J connectivity index is 2.21. The Bertz CT molecular complexity index is 492. The number of hydrogen-bond acceptors (Lipinski definition) is 1. The molecule has 0 unspecified atom stereocenters. The number of rotatable bonds is 0. The average molecular weight is 291 g/mol. The lowest BCUT2D eigenvalue weighted by molar-refractivity contribution is -0.138. The van der Waals surface area contributed by atoms with Crippen LogP contribution in [0.4, 0.5) is 13.2 Å². The molecule has 0 fully saturated rings. The number of alkyl halides is 3. The van der Waals surface area contributed by atoms with Crippen molar-refractivity contribution in [2.75, 3.05) is 0 Å². The summed E-state index contributed by atoms with van der Waals surface area (Å²) in [6.07, 6.45) is -3.56. The summed E-state index contributed by atoms with van der Waals surface area (Å²) in [5, 5.41) is 0. The van der Waals surface area contributed by atoms with Crippen LogP contribution in [0.25, 0.3) is 0 Å². The van der Waals surface area contributed by atoms with Crippen LogP contribution in [-0.4, -0.2) is 0 Å². The van der Waals surface area contributed by atoms with Crippen LogP contribution in [0, 0.1) is 0 Å². The first kappa shape index (κ1) is 10.4. The van der Waals surface area contributed by atoms with Crippen LogP contribution in [0.3, 0.4) is 0 Å². The molecule has 0 saturated carbocycles. The van der Waals surface area contributed by atoms with Gasteiger partial charge < -0.3 is 4.74 Å². The van der Waals surface area contributed by atoms with Crippen LogP contribution in [0.5, 0.6) is 0 Å². The predicted molar refractivity (Wildman–Crippen MR) is 55.0 cm³/mol. The number of fused-ring (bicyclic) bond motifs is 5. The first-order chi connectivity index (χ1) is 7.48. The molecule has 0 spiro atoms. The van der Waals surface area contributed by atoms with Gasteiger partial charge in [-0.15, -0.1) is 0 Å². The second kappa shape index (κ2) is 3.11. The second-order valence-electron chi connectivity index (χ2n) is 3.79. The molecule has 1 aromatic carbocycles. The average Bonchev–Trinajstić information content (AvgIpc) is 2.73. The van der Waals surface area contributed by atoms with Crippen LogP contribution in [0.1, 0.15) is 28.9 Å². The Morgan fingerprint density at radius 3 is 2.69 bits per heavy atom. The monoisotopic (exact) mass is 290 g/mol. The molecule has 2 atom stereocenters. The van der Waals surface area contributed by atoms with Gasteiger partial charge in [-0.1, -0.05) is 28.1 Å². The van der Waals surface area contributed by atoms with Gasteiger partial charge in [0.25, 0.3) is 0 Å². The highest BCUT2D eigenvalue weighted by Crippen LogP contribution is 2.54. The van der Waals surface area contributed by atoms with Crippen molar-refractivity contribution in [1.29, 1.82) is 0 Å². The third-order valence-electron chi connectivity index (χ3n) is 2.86. The van der Waals surface area contributed by atoms with Gasteiger partial charge in [-0.25, -0.2) is 0 Å². The summed E-state index contributed by atoms with van der Waals surface area (Å²) in [6.45, 7) is 0. The molecule has 2 aliphatic heterocycles. The molecule has 0 aromatic heterocycles. The van der Waals surface area contributed by atoms with Crippen molar-refractivity contribution >= 4 is 15.9 Å². The first-order valence-electron chi connectivity index (χ1n) is 4.71. The van der Waals surface area contributed by atoms with E-state index in [0.29, 0.717) is 5.56 Å². The number of halogens is 4. The van der Waals surface area contributed by atoms with E-state index in [1.807, 2.05) is 0 Å². The van der Waals surface area contributed by atoms with E-state index in [1.165, 1.54) is 6.07 Å². The normalized spacial score (nSPS) is 26.9. The van der Waals surface area contributed by atoms with E-state index in [-0.39, 0.29) is 11.7 Å². The SMILES string of the molecule is FC(F)(F)c1cccc2c1[C@H]1C=C(Br)[C@H]2O1. The molecular weight excluding hydrogens is 285 g/mol. The zero-order valence-corrected chi connectivity index (χ0v) is 9.47. The summed E-state index contributed by atoms with van der Waals surface area (Å²) in [7, 11) is 0. The number of benzene rings is 1. The van der Waals surface area contributed by atoms with E-state index in [4.69, 9.17) is 4.74 Å². The van der Waals surface area contributed by atoms with Crippen molar-refractivity contribution in [1.82, 2.24) is 0 Å². The lowest BCUT2D eigenvalue weighted by atomic mass is 9.92. The summed E-state index contributed by atoms with van der Waals surface area (Å²) >= 11 is 3.30. The predicted octanol–water partition coefficient (Wildman–Crippen LogP) is 4.11. The topological polar surface area (TPSA) is 9.23 Å². The summed E-state index contributed by atoms with van der Waals surface area (Å²) in [5.74, 6) is 0. The summed E-state index contributed by atoms with van der Waals surface area (Å²) in [5.41, 5.74) is 0.297. The molecule has 0 amide bonds. The maximum absolute atomic E-state index is 12.8. The van der Waals surface area contributed by atoms with E-state index >= 15 is 0 Å². The van der Waals surface area contributed by atoms with Gasteiger partial charge in [-0.3, -0.25) is 0 Å². The van der Waals surface area contributed by atoms with Crippen LogP contribution in [0.15, 0.2) is 28.8 Å². The third-order valence-corrected chi connectivity index (χ3v) is 3.54. The maximum Gasteiger partial charge on any atom is 0.416 e. The summed E-state index contributed by atoms with van der Waals surface area (Å²) in [4.78, 5) is 0. The Kier molecular flexibility index (Phi) is 2.01. The van der Waals surface area contributed by atoms with Crippen molar-refractivity contribution in [2.24, 2.45) is 0 Å². The fraction of sp³-hybridized carbons (Fsp3) is 0.273. The fourth-order valence-corrected chi connectivity index (χ4v) is 2.83. The van der Waals surface area contributed by atoms with E-state index in [9.17, 15) is 13.2 Å². The molecule has 2 heterocycles. The Morgan fingerprint density at radius 2 is 2.00 bits per heavy atom. The van der Waals surface area contributed by atoms with Gasteiger partial charge in [0.15, 0.2) is 0 Å². The van der Waals surface area contributed by atoms with Gasteiger partial charge in [0.1, 0.15) is 12.2 Å². The highest BCUT2D eigenvalue weighted by molar-refractivity contribution is 9.11. The van der Waals surface area contributed by atoms with E-state index < -0.39 is 17.8 Å². The van der Waals surface area contributed by atoms with Crippen LogP contribution >= 0.6 is 15.9 Å². The highest BCUT2D eigenvalue weighted by atomic mass is 79.9. The van der Waals surface area contributed by atoms with Crippen molar-refractivity contribution in [3.63, 3.8) is 0 Å². The zero-order valence-electron chi connectivity index (χ0n) is 7.88. The van der Waals surface area contributed by atoms with E-state index in [0.717, 1.165) is 10.5 Å². The summed E-state index contributed by atoms with van der Waals surface area (Å²) in [6, 6.07) is 4.21. The minimum Gasteiger partial charge on any atom is -0.356 e. The van der Waals surface area contributed by atoms with Gasteiger partial charge in [-0.2, -0.15) is 13.2 Å². The largest absolute Gasteiger partial charge is 0.416 e. The molecule has 0 N–H and O–H groups in total. The Hall–Kier alpha value is -0.810. The molecule has 2 bridgehead atoms. The molecule has 5 heteroatoms. The molecule has 1 aromatic rings. The molecule has 16 heavy (non-hydrogen) atoms. The lowest BCUT2D eigenvalue weighted by Gasteiger charge is -2.16. The van der Waals surface area contributed by atoms with Crippen molar-refractivity contribution < 1.29 is 17.9 Å². The fourth-order valence-electron chi connectivity index (χ4n) is 2.23. The molecule has 3 rings (SSSR count). The number of ether oxygens (including phenoxy) is 1. The van der Waals surface area contributed by atoms with E-state index in [2.05, 4.69) is 15.9 Å². The minimum atomic E-state index is -4.32. The molecule has 0 radical (unpaired) electrons. The van der Waals surface area contributed by atoms with Gasteiger partial charge in [-0.05, 0) is 17.7 Å². The molecule has 84 valence electrons. The first-order valence-corrected chi connectivity index (χ1v) is 5.50. The zero-order chi connectivity index (χ0) is 11.5. The van der Waals surface area contributed by atoms with Crippen molar-refractivity contribution in [2.45, 2.75) is 18.4 Å². The minimum absolute atomic E-state index is 0.267. The van der Waals surface area contributed by atoms with E-state index in [1.54, 1.807) is 12.1 Å². The highest BCUT2D eigenvalue weighted by Gasteiger charge is 2.45. The van der Waals surface area contributed by atoms with Crippen LogP contribution in [0.2, 0.25) is 0 Å². The van der Waals surface area contributed by atoms with Crippen LogP contribution < -0.4 is 0 Å². The van der Waals surface area contributed by atoms with Crippen LogP contribution in [-0.2, 0) is 10.9 Å². The molecular formula is C11H6BrF3O. The van der Waals surface area contributed by atoms with Gasteiger partial charge >= 0.3 is 6.18 Å². The third kappa shape index (κ3) is 1.28. The smallest absolute Gasteiger partial charge is 0.356 e. The van der Waals surface area contributed by atoms with Gasteiger partial charge in [0.05, 0.1) is 5.56 Å². The molecule has 0 aliphatic carbocycles. The Labute approximate surface area is 98.0 Å². The second-order valence-corrected chi connectivity index (χ2v) is 4.71. The van der Waals surface area contributed by atoms with Crippen molar-refractivity contribution in [3.05, 3.63) is 45.4 Å². The maximum atomic E-state index is 12.8. The lowest BCUT2D eigenvalue weighted by Crippen LogP contribution is -2.11. The van der Waals surface area contributed by atoms with Gasteiger partial charge in [0.2, 0.25) is 0 Å². The molecule has 2 aliphatic rings.